The van der Waals surface area contributed by atoms with Gasteiger partial charge in [-0.15, -0.1) is 0 Å². The summed E-state index contributed by atoms with van der Waals surface area (Å²) >= 11 is 0. The molecular weight excluding hydrogens is 427 g/mol. The van der Waals surface area contributed by atoms with E-state index in [0.717, 1.165) is 55.5 Å². The third-order valence-corrected chi connectivity index (χ3v) is 6.79. The van der Waals surface area contributed by atoms with E-state index in [1.54, 1.807) is 34.9 Å². The van der Waals surface area contributed by atoms with Crippen LogP contribution in [0.15, 0.2) is 53.3 Å². The second-order valence-corrected chi connectivity index (χ2v) is 8.93. The molecule has 0 saturated carbocycles. The summed E-state index contributed by atoms with van der Waals surface area (Å²) in [5.74, 6) is -1.16. The van der Waals surface area contributed by atoms with Crippen LogP contribution in [0.4, 0.5) is 13.2 Å². The number of likely N-dealkylation sites (tertiary alicyclic amines) is 1. The molecule has 2 aromatic carbocycles. The second kappa shape index (κ2) is 9.15. The van der Waals surface area contributed by atoms with E-state index in [1.165, 1.54) is 12.1 Å². The zero-order valence-corrected chi connectivity index (χ0v) is 18.2. The molecule has 2 aliphatic heterocycles. The molecule has 33 heavy (non-hydrogen) atoms. The minimum absolute atomic E-state index is 0.0302. The van der Waals surface area contributed by atoms with Crippen LogP contribution in [0.5, 0.6) is 0 Å². The van der Waals surface area contributed by atoms with Crippen molar-refractivity contribution in [3.05, 3.63) is 87.5 Å². The van der Waals surface area contributed by atoms with Gasteiger partial charge in [-0.3, -0.25) is 4.79 Å². The van der Waals surface area contributed by atoms with Crippen molar-refractivity contribution in [1.29, 1.82) is 0 Å². The Kier molecular flexibility index (Phi) is 6.08. The van der Waals surface area contributed by atoms with Gasteiger partial charge >= 0.3 is 0 Å². The molecule has 3 aromatic rings. The van der Waals surface area contributed by atoms with Crippen LogP contribution in [-0.2, 0) is 6.54 Å². The van der Waals surface area contributed by atoms with Crippen molar-refractivity contribution < 1.29 is 13.2 Å². The maximum Gasteiger partial charge on any atom is 0.251 e. The number of rotatable bonds is 6. The van der Waals surface area contributed by atoms with Crippen molar-refractivity contribution in [3.8, 4) is 0 Å². The van der Waals surface area contributed by atoms with Gasteiger partial charge in [-0.25, -0.2) is 13.2 Å². The summed E-state index contributed by atoms with van der Waals surface area (Å²) in [6, 6.07) is 10.3. The van der Waals surface area contributed by atoms with Gasteiger partial charge in [0.2, 0.25) is 0 Å². The smallest absolute Gasteiger partial charge is 0.251 e. The fraction of sp³-hybridized carbons (Fsp3) is 0.346. The summed E-state index contributed by atoms with van der Waals surface area (Å²) in [5.41, 5.74) is 1.57. The number of pyridine rings is 1. The predicted molar refractivity (Wildman–Crippen MR) is 124 cm³/mol. The minimum Gasteiger partial charge on any atom is -0.310 e. The first-order valence-electron chi connectivity index (χ1n) is 11.4. The van der Waals surface area contributed by atoms with Crippen molar-refractivity contribution in [2.24, 2.45) is 0 Å². The fourth-order valence-corrected chi connectivity index (χ4v) is 5.12. The number of piperidine rings is 1. The highest BCUT2D eigenvalue weighted by Crippen LogP contribution is 2.35. The third-order valence-electron chi connectivity index (χ3n) is 6.79. The van der Waals surface area contributed by atoms with Gasteiger partial charge in [0.1, 0.15) is 17.5 Å². The average molecular weight is 454 g/mol. The van der Waals surface area contributed by atoms with Crippen molar-refractivity contribution in [3.63, 3.8) is 0 Å². The molecule has 1 fully saturated rings. The van der Waals surface area contributed by atoms with Crippen LogP contribution in [0.2, 0.25) is 0 Å². The molecule has 2 aliphatic rings. The second-order valence-electron chi connectivity index (χ2n) is 8.93. The normalized spacial score (nSPS) is 19.2. The lowest BCUT2D eigenvalue weighted by Crippen LogP contribution is -2.44. The molecule has 4 nitrogen and oxygen atoms in total. The molecule has 0 amide bonds. The molecule has 1 saturated heterocycles. The van der Waals surface area contributed by atoms with Crippen LogP contribution in [0.3, 0.4) is 0 Å². The molecule has 1 N–H and O–H groups in total. The highest BCUT2D eigenvalue weighted by molar-refractivity contribution is 5.84. The van der Waals surface area contributed by atoms with Gasteiger partial charge in [0.25, 0.3) is 5.56 Å². The molecule has 0 unspecified atom stereocenters. The van der Waals surface area contributed by atoms with Crippen molar-refractivity contribution in [2.75, 3.05) is 26.2 Å². The molecule has 172 valence electrons. The summed E-state index contributed by atoms with van der Waals surface area (Å²) in [4.78, 5) is 14.7. The van der Waals surface area contributed by atoms with Gasteiger partial charge in [-0.1, -0.05) is 12.2 Å². The number of benzene rings is 2. The molecule has 1 aromatic heterocycles. The minimum atomic E-state index is -0.456. The monoisotopic (exact) mass is 453 g/mol. The first-order valence-corrected chi connectivity index (χ1v) is 11.4. The molecule has 1 atom stereocenters. The summed E-state index contributed by atoms with van der Waals surface area (Å²) in [6.07, 6.45) is 5.31. The topological polar surface area (TPSA) is 37.3 Å². The maximum atomic E-state index is 14.7. The van der Waals surface area contributed by atoms with E-state index in [9.17, 15) is 18.0 Å². The lowest BCUT2D eigenvalue weighted by Gasteiger charge is -2.34. The van der Waals surface area contributed by atoms with Gasteiger partial charge < -0.3 is 14.8 Å². The van der Waals surface area contributed by atoms with E-state index in [-0.39, 0.29) is 22.9 Å². The zero-order chi connectivity index (χ0) is 22.9. The zero-order valence-electron chi connectivity index (χ0n) is 18.2. The predicted octanol–water partition coefficient (Wildman–Crippen LogP) is 4.28. The average Bonchev–Trinajstić information content (AvgIpc) is 3.20. The van der Waals surface area contributed by atoms with Crippen molar-refractivity contribution in [1.82, 2.24) is 14.8 Å². The van der Waals surface area contributed by atoms with Gasteiger partial charge in [-0.05, 0) is 67.7 Å². The van der Waals surface area contributed by atoms with E-state index >= 15 is 0 Å². The first-order chi connectivity index (χ1) is 16.0. The summed E-state index contributed by atoms with van der Waals surface area (Å²) in [5, 5.41) is 4.36. The van der Waals surface area contributed by atoms with Crippen LogP contribution in [-0.4, -0.2) is 41.7 Å². The van der Waals surface area contributed by atoms with Crippen LogP contribution >= 0.6 is 0 Å². The number of aromatic nitrogens is 1. The summed E-state index contributed by atoms with van der Waals surface area (Å²) < 4.78 is 43.3. The lowest BCUT2D eigenvalue weighted by molar-refractivity contribution is 0.186. The molecule has 0 aliphatic carbocycles. The van der Waals surface area contributed by atoms with Crippen molar-refractivity contribution in [2.45, 2.75) is 31.3 Å². The maximum absolute atomic E-state index is 14.7. The molecule has 5 rings (SSSR count). The van der Waals surface area contributed by atoms with Crippen LogP contribution in [0.25, 0.3) is 17.0 Å². The van der Waals surface area contributed by atoms with Crippen LogP contribution in [0.1, 0.15) is 29.9 Å². The molecular formula is C26H26F3N3O. The molecule has 7 heteroatoms. The number of nitrogens with one attached hydrogen (secondary N) is 1. The SMILES string of the molecule is O=c1ccc2ccc(F)c3c2n1C[C@H]3CN1CCC(NCC=Cc2cc(F)ccc2F)CC1. The molecule has 3 heterocycles. The Morgan fingerprint density at radius 2 is 1.76 bits per heavy atom. The van der Waals surface area contributed by atoms with Gasteiger partial charge in [0.05, 0.1) is 5.52 Å². The Hall–Kier alpha value is -2.90. The van der Waals surface area contributed by atoms with E-state index < -0.39 is 11.6 Å². The summed E-state index contributed by atoms with van der Waals surface area (Å²) in [6.45, 7) is 3.60. The number of nitrogens with zero attached hydrogens (tertiary/aromatic N) is 2. The quantitative estimate of drug-likeness (QED) is 0.605. The highest BCUT2D eigenvalue weighted by Gasteiger charge is 2.31. The van der Waals surface area contributed by atoms with Crippen LogP contribution < -0.4 is 10.9 Å². The molecule has 0 bridgehead atoms. The summed E-state index contributed by atoms with van der Waals surface area (Å²) in [7, 11) is 0. The number of hydrogen-bond acceptors (Lipinski definition) is 3. The Balaban J connectivity index is 1.15. The first kappa shape index (κ1) is 21.9. The molecule has 0 spiro atoms. The van der Waals surface area contributed by atoms with E-state index in [1.807, 2.05) is 0 Å². The van der Waals surface area contributed by atoms with Gasteiger partial charge in [-0.2, -0.15) is 0 Å². The lowest BCUT2D eigenvalue weighted by atomic mass is 9.97. The fourth-order valence-electron chi connectivity index (χ4n) is 5.12. The molecule has 0 radical (unpaired) electrons. The Labute approximate surface area is 190 Å². The third kappa shape index (κ3) is 4.48. The number of hydrogen-bond donors (Lipinski definition) is 1. The Morgan fingerprint density at radius 3 is 2.58 bits per heavy atom. The largest absolute Gasteiger partial charge is 0.310 e. The van der Waals surface area contributed by atoms with Crippen molar-refractivity contribution >= 4 is 17.0 Å². The van der Waals surface area contributed by atoms with E-state index in [2.05, 4.69) is 10.2 Å². The number of halogens is 3. The van der Waals surface area contributed by atoms with Crippen LogP contribution in [0, 0.1) is 17.5 Å². The van der Waals surface area contributed by atoms with E-state index in [4.69, 9.17) is 0 Å². The standard InChI is InChI=1S/C26H26F3N3O/c27-20-5-7-22(28)18(14-20)2-1-11-30-21-9-12-31(13-10-21)15-19-16-32-24(33)8-4-17-3-6-23(29)25(19)26(17)32/h1-8,14,19,21,30H,9-13,15-16H2/t19-/m1/s1. The van der Waals surface area contributed by atoms with Gasteiger partial charge in [0.15, 0.2) is 0 Å². The Bertz CT molecular complexity index is 1260. The Morgan fingerprint density at radius 1 is 1.00 bits per heavy atom. The van der Waals surface area contributed by atoms with E-state index in [0.29, 0.717) is 24.7 Å². The van der Waals surface area contributed by atoms with Gasteiger partial charge in [0, 0.05) is 48.8 Å². The highest BCUT2D eigenvalue weighted by atomic mass is 19.1.